The summed E-state index contributed by atoms with van der Waals surface area (Å²) in [6.07, 6.45) is 19.1. The van der Waals surface area contributed by atoms with Crippen LogP contribution >= 0.6 is 0 Å². The van der Waals surface area contributed by atoms with E-state index in [9.17, 15) is 9.90 Å². The van der Waals surface area contributed by atoms with E-state index in [4.69, 9.17) is 0 Å². The zero-order valence-electron chi connectivity index (χ0n) is 24.9. The molecule has 6 aliphatic rings. The molecule has 0 aromatic heterocycles. The summed E-state index contributed by atoms with van der Waals surface area (Å²) in [5.74, 6) is 4.23. The number of carbonyl (C=O) groups is 1. The molecule has 3 nitrogen and oxygen atoms in total. The molecule has 0 aromatic rings. The van der Waals surface area contributed by atoms with E-state index >= 15 is 0 Å². The van der Waals surface area contributed by atoms with E-state index in [1.54, 1.807) is 6.08 Å². The number of rotatable bonds is 1. The van der Waals surface area contributed by atoms with Crippen LogP contribution in [0.25, 0.3) is 0 Å². The van der Waals surface area contributed by atoms with Crippen LogP contribution in [0.4, 0.5) is 0 Å². The highest BCUT2D eigenvalue weighted by Gasteiger charge is 2.67. The Hall–Kier alpha value is -0.830. The number of hydrogen-bond acceptors (Lipinski definition) is 2. The highest BCUT2D eigenvalue weighted by atomic mass is 16.3. The Kier molecular flexibility index (Phi) is 7.47. The maximum absolute atomic E-state index is 14.0. The van der Waals surface area contributed by atoms with Crippen molar-refractivity contribution in [1.29, 1.82) is 0 Å². The predicted octanol–water partition coefficient (Wildman–Crippen LogP) is 8.02. The number of allylic oxidation sites excluding steroid dienone is 1. The summed E-state index contributed by atoms with van der Waals surface area (Å²) in [5.41, 5.74) is 0.822. The molecule has 9 atom stereocenters. The van der Waals surface area contributed by atoms with Crippen LogP contribution in [0.5, 0.6) is 0 Å². The quantitative estimate of drug-likeness (QED) is 0.362. The van der Waals surface area contributed by atoms with Crippen LogP contribution < -0.4 is 0 Å². The van der Waals surface area contributed by atoms with Crippen molar-refractivity contribution < 1.29 is 9.90 Å². The average Bonchev–Trinajstić information content (AvgIpc) is 3.33. The van der Waals surface area contributed by atoms with Gasteiger partial charge in [0.15, 0.2) is 0 Å². The molecule has 1 amide bonds. The summed E-state index contributed by atoms with van der Waals surface area (Å²) in [6.45, 7) is 17.3. The second-order valence-electron chi connectivity index (χ2n) is 15.3. The van der Waals surface area contributed by atoms with Gasteiger partial charge in [0.1, 0.15) is 0 Å². The number of amides is 1. The first kappa shape index (κ1) is 27.7. The molecule has 6 fully saturated rings. The van der Waals surface area contributed by atoms with E-state index in [-0.39, 0.29) is 16.9 Å². The number of fused-ring (bicyclic) bond motifs is 7. The standard InChI is InChI=1S/C31H51NO2.C3H6/c1-28(2)24-13-16-29(3)22-12-18-31(27(34)32-19-6-5-7-20-32)15-8-9-23(31)21(22)10-11-25(29)30(24,4)17-14-26(28)33;1-3-2/h21-26,33H,5-20H2,1-4H3;3H,1H2,2H3. The van der Waals surface area contributed by atoms with Crippen molar-refractivity contribution in [3.8, 4) is 0 Å². The number of nitrogens with zero attached hydrogens (tertiary/aromatic N) is 1. The van der Waals surface area contributed by atoms with Gasteiger partial charge in [0.05, 0.1) is 11.5 Å². The Bertz CT molecular complexity index is 860. The lowest BCUT2D eigenvalue weighted by molar-refractivity contribution is -0.215. The fraction of sp³-hybridized carbons (Fsp3) is 0.912. The summed E-state index contributed by atoms with van der Waals surface area (Å²) in [7, 11) is 0. The van der Waals surface area contributed by atoms with Gasteiger partial charge in [-0.15, -0.1) is 6.58 Å². The minimum atomic E-state index is -0.138. The first-order valence-electron chi connectivity index (χ1n) is 16.1. The van der Waals surface area contributed by atoms with Gasteiger partial charge in [0.2, 0.25) is 5.91 Å². The Morgan fingerprint density at radius 2 is 1.46 bits per heavy atom. The van der Waals surface area contributed by atoms with Crippen molar-refractivity contribution in [3.05, 3.63) is 12.7 Å². The molecule has 1 heterocycles. The highest BCUT2D eigenvalue weighted by molar-refractivity contribution is 5.83. The number of aliphatic hydroxyl groups excluding tert-OH is 1. The Labute approximate surface area is 228 Å². The van der Waals surface area contributed by atoms with E-state index in [0.29, 0.717) is 28.6 Å². The van der Waals surface area contributed by atoms with Gasteiger partial charge in [-0.05, 0) is 136 Å². The largest absolute Gasteiger partial charge is 0.393 e. The number of likely N-dealkylation sites (tertiary alicyclic amines) is 1. The van der Waals surface area contributed by atoms with Crippen molar-refractivity contribution >= 4 is 5.91 Å². The zero-order valence-corrected chi connectivity index (χ0v) is 24.9. The molecule has 37 heavy (non-hydrogen) atoms. The maximum atomic E-state index is 14.0. The topological polar surface area (TPSA) is 40.5 Å². The molecule has 1 saturated heterocycles. The number of piperidine rings is 1. The highest BCUT2D eigenvalue weighted by Crippen LogP contribution is 2.73. The lowest BCUT2D eigenvalue weighted by Crippen LogP contribution is -2.63. The van der Waals surface area contributed by atoms with Gasteiger partial charge in [0, 0.05) is 13.1 Å². The smallest absolute Gasteiger partial charge is 0.229 e. The van der Waals surface area contributed by atoms with Crippen molar-refractivity contribution in [2.75, 3.05) is 13.1 Å². The first-order valence-corrected chi connectivity index (χ1v) is 16.1. The zero-order chi connectivity index (χ0) is 26.6. The van der Waals surface area contributed by atoms with Crippen LogP contribution in [-0.2, 0) is 4.79 Å². The lowest BCUT2D eigenvalue weighted by atomic mass is 9.36. The predicted molar refractivity (Wildman–Crippen MR) is 153 cm³/mol. The summed E-state index contributed by atoms with van der Waals surface area (Å²) < 4.78 is 0. The third kappa shape index (κ3) is 4.10. The van der Waals surface area contributed by atoms with E-state index in [1.165, 1.54) is 83.5 Å². The van der Waals surface area contributed by atoms with Crippen LogP contribution in [-0.4, -0.2) is 35.1 Å². The normalized spacial score (nSPS) is 48.3. The summed E-state index contributed by atoms with van der Waals surface area (Å²) >= 11 is 0. The molecule has 5 aliphatic carbocycles. The molecule has 6 rings (SSSR count). The molecule has 0 aromatic carbocycles. The number of aliphatic hydroxyl groups is 1. The van der Waals surface area contributed by atoms with Crippen molar-refractivity contribution in [2.45, 2.75) is 131 Å². The second-order valence-corrected chi connectivity index (χ2v) is 15.3. The molecular weight excluding hydrogens is 454 g/mol. The Morgan fingerprint density at radius 3 is 2.16 bits per heavy atom. The van der Waals surface area contributed by atoms with Gasteiger partial charge in [0.25, 0.3) is 0 Å². The summed E-state index contributed by atoms with van der Waals surface area (Å²) in [4.78, 5) is 16.3. The van der Waals surface area contributed by atoms with E-state index < -0.39 is 0 Å². The fourth-order valence-corrected chi connectivity index (χ4v) is 12.0. The second kappa shape index (κ2) is 9.97. The molecule has 1 aliphatic heterocycles. The van der Waals surface area contributed by atoms with Crippen LogP contribution in [0.15, 0.2) is 12.7 Å². The first-order chi connectivity index (χ1) is 17.6. The van der Waals surface area contributed by atoms with E-state index in [0.717, 1.165) is 37.3 Å². The SMILES string of the molecule is C=CC.CC1(C)C(O)CCC2(C)C1CCC1(C)C3CCC4(C(=O)N5CCCCC5)CCCC4C3CCC12. The molecule has 0 bridgehead atoms. The van der Waals surface area contributed by atoms with Gasteiger partial charge >= 0.3 is 0 Å². The van der Waals surface area contributed by atoms with Crippen LogP contribution in [0.1, 0.15) is 125 Å². The molecule has 0 radical (unpaired) electrons. The van der Waals surface area contributed by atoms with E-state index in [2.05, 4.69) is 39.2 Å². The molecule has 9 unspecified atom stereocenters. The van der Waals surface area contributed by atoms with Gasteiger partial charge in [-0.3, -0.25) is 4.79 Å². The van der Waals surface area contributed by atoms with Crippen molar-refractivity contribution in [1.82, 2.24) is 4.90 Å². The summed E-state index contributed by atoms with van der Waals surface area (Å²) in [6, 6.07) is 0. The summed E-state index contributed by atoms with van der Waals surface area (Å²) in [5, 5.41) is 10.9. The van der Waals surface area contributed by atoms with Crippen LogP contribution in [0, 0.1) is 51.2 Å². The third-order valence-corrected chi connectivity index (χ3v) is 13.6. The van der Waals surface area contributed by atoms with Crippen LogP contribution in [0.3, 0.4) is 0 Å². The third-order valence-electron chi connectivity index (χ3n) is 13.6. The van der Waals surface area contributed by atoms with Gasteiger partial charge in [-0.1, -0.05) is 40.2 Å². The van der Waals surface area contributed by atoms with Gasteiger partial charge < -0.3 is 10.0 Å². The number of carbonyl (C=O) groups excluding carboxylic acids is 1. The van der Waals surface area contributed by atoms with Crippen LogP contribution in [0.2, 0.25) is 0 Å². The molecule has 0 spiro atoms. The molecular formula is C34H57NO2. The molecule has 3 heteroatoms. The fourth-order valence-electron chi connectivity index (χ4n) is 12.0. The minimum absolute atomic E-state index is 0.0141. The lowest BCUT2D eigenvalue weighted by Gasteiger charge is -2.69. The van der Waals surface area contributed by atoms with Gasteiger partial charge in [-0.25, -0.2) is 0 Å². The maximum Gasteiger partial charge on any atom is 0.229 e. The Morgan fingerprint density at radius 1 is 0.784 bits per heavy atom. The number of hydrogen-bond donors (Lipinski definition) is 1. The minimum Gasteiger partial charge on any atom is -0.393 e. The monoisotopic (exact) mass is 511 g/mol. The molecule has 210 valence electrons. The Balaban J connectivity index is 0.000000892. The van der Waals surface area contributed by atoms with Crippen molar-refractivity contribution in [2.24, 2.45) is 51.2 Å². The van der Waals surface area contributed by atoms with Crippen molar-refractivity contribution in [3.63, 3.8) is 0 Å². The average molecular weight is 512 g/mol. The molecule has 5 saturated carbocycles. The van der Waals surface area contributed by atoms with Gasteiger partial charge in [-0.2, -0.15) is 0 Å². The molecule has 1 N–H and O–H groups in total. The van der Waals surface area contributed by atoms with E-state index in [1.807, 2.05) is 6.92 Å².